The molecule has 0 amide bonds. The molecule has 16 heavy (non-hydrogen) atoms. The average Bonchev–Trinajstić information content (AvgIpc) is 2.51. The molecule has 1 aliphatic rings. The molecule has 0 radical (unpaired) electrons. The van der Waals surface area contributed by atoms with E-state index in [1.54, 1.807) is 0 Å². The summed E-state index contributed by atoms with van der Waals surface area (Å²) in [4.78, 5) is 2.43. The smallest absolute Gasteiger partial charge is 0.142 e. The Balaban J connectivity index is 2.25. The molecule has 0 saturated heterocycles. The summed E-state index contributed by atoms with van der Waals surface area (Å²) in [5.41, 5.74) is 1.22. The molecule has 3 nitrogen and oxygen atoms in total. The van der Waals surface area contributed by atoms with E-state index in [0.717, 1.165) is 31.9 Å². The van der Waals surface area contributed by atoms with Gasteiger partial charge in [0.15, 0.2) is 0 Å². The van der Waals surface area contributed by atoms with Crippen molar-refractivity contribution in [3.05, 3.63) is 24.3 Å². The van der Waals surface area contributed by atoms with E-state index in [9.17, 15) is 0 Å². The number of hydrogen-bond acceptors (Lipinski definition) is 3. The lowest BCUT2D eigenvalue weighted by Crippen LogP contribution is -2.39. The van der Waals surface area contributed by atoms with E-state index in [0.29, 0.717) is 6.04 Å². The summed E-state index contributed by atoms with van der Waals surface area (Å²) >= 11 is 0. The van der Waals surface area contributed by atoms with Crippen LogP contribution in [0.5, 0.6) is 5.75 Å². The van der Waals surface area contributed by atoms with E-state index < -0.39 is 0 Å². The topological polar surface area (TPSA) is 24.5 Å². The molecule has 2 rings (SSSR count). The number of rotatable bonds is 3. The maximum atomic E-state index is 5.74. The number of benzene rings is 1. The molecule has 0 fully saturated rings. The summed E-state index contributed by atoms with van der Waals surface area (Å²) in [5.74, 6) is 1.02. The van der Waals surface area contributed by atoms with Crippen molar-refractivity contribution in [2.24, 2.45) is 0 Å². The fourth-order valence-electron chi connectivity index (χ4n) is 2.22. The first-order chi connectivity index (χ1) is 7.83. The molecule has 0 aliphatic carbocycles. The van der Waals surface area contributed by atoms with E-state index in [4.69, 9.17) is 4.74 Å². The third-order valence-corrected chi connectivity index (χ3v) is 3.01. The van der Waals surface area contributed by atoms with Gasteiger partial charge < -0.3 is 15.0 Å². The first kappa shape index (κ1) is 11.3. The number of para-hydroxylation sites is 2. The van der Waals surface area contributed by atoms with Gasteiger partial charge in [-0.3, -0.25) is 0 Å². The van der Waals surface area contributed by atoms with Gasteiger partial charge in [-0.2, -0.15) is 0 Å². The van der Waals surface area contributed by atoms with E-state index in [1.807, 2.05) is 13.1 Å². The second-order valence-electron chi connectivity index (χ2n) is 4.27. The number of nitrogens with zero attached hydrogens (tertiary/aromatic N) is 1. The van der Waals surface area contributed by atoms with Crippen LogP contribution >= 0.6 is 0 Å². The van der Waals surface area contributed by atoms with Crippen LogP contribution in [0.2, 0.25) is 0 Å². The molecule has 0 bridgehead atoms. The molecular weight excluding hydrogens is 200 g/mol. The quantitative estimate of drug-likeness (QED) is 0.842. The highest BCUT2D eigenvalue weighted by Crippen LogP contribution is 2.31. The lowest BCUT2D eigenvalue weighted by molar-refractivity contribution is 0.322. The highest BCUT2D eigenvalue weighted by molar-refractivity contribution is 5.59. The van der Waals surface area contributed by atoms with Crippen LogP contribution in [0.3, 0.4) is 0 Å². The largest absolute Gasteiger partial charge is 0.491 e. The van der Waals surface area contributed by atoms with Crippen LogP contribution in [0.4, 0.5) is 5.69 Å². The van der Waals surface area contributed by atoms with Crippen LogP contribution < -0.4 is 15.0 Å². The zero-order chi connectivity index (χ0) is 11.4. The van der Waals surface area contributed by atoms with Gasteiger partial charge in [0.2, 0.25) is 0 Å². The van der Waals surface area contributed by atoms with Crippen molar-refractivity contribution in [1.82, 2.24) is 5.32 Å². The lowest BCUT2D eigenvalue weighted by Gasteiger charge is -2.30. The molecule has 1 aromatic carbocycles. The van der Waals surface area contributed by atoms with Gasteiger partial charge in [0.25, 0.3) is 0 Å². The van der Waals surface area contributed by atoms with Gasteiger partial charge in [-0.05, 0) is 32.5 Å². The highest BCUT2D eigenvalue weighted by atomic mass is 16.5. The SMILES string of the molecule is CNCC(C)N1CCCOc2ccccc21. The van der Waals surface area contributed by atoms with Gasteiger partial charge in [0.1, 0.15) is 5.75 Å². The van der Waals surface area contributed by atoms with Crippen LogP contribution in [-0.2, 0) is 0 Å². The highest BCUT2D eigenvalue weighted by Gasteiger charge is 2.19. The fraction of sp³-hybridized carbons (Fsp3) is 0.538. The summed E-state index contributed by atoms with van der Waals surface area (Å²) in [6.07, 6.45) is 1.09. The van der Waals surface area contributed by atoms with Gasteiger partial charge in [0.05, 0.1) is 12.3 Å². The minimum absolute atomic E-state index is 0.493. The molecule has 1 aromatic rings. The average molecular weight is 220 g/mol. The zero-order valence-corrected chi connectivity index (χ0v) is 10.1. The monoisotopic (exact) mass is 220 g/mol. The minimum Gasteiger partial charge on any atom is -0.491 e. The Morgan fingerprint density at radius 2 is 2.25 bits per heavy atom. The molecule has 1 N–H and O–H groups in total. The summed E-state index contributed by atoms with van der Waals surface area (Å²) in [5, 5.41) is 3.23. The van der Waals surface area contributed by atoms with Crippen molar-refractivity contribution in [3.63, 3.8) is 0 Å². The molecule has 88 valence electrons. The van der Waals surface area contributed by atoms with Crippen LogP contribution in [0.15, 0.2) is 24.3 Å². The number of ether oxygens (including phenoxy) is 1. The Hall–Kier alpha value is -1.22. The van der Waals surface area contributed by atoms with Gasteiger partial charge in [0, 0.05) is 19.1 Å². The number of fused-ring (bicyclic) bond motifs is 1. The summed E-state index contributed by atoms with van der Waals surface area (Å²) in [6, 6.07) is 8.80. The Morgan fingerprint density at radius 3 is 3.06 bits per heavy atom. The molecule has 1 atom stereocenters. The Kier molecular flexibility index (Phi) is 3.67. The predicted molar refractivity (Wildman–Crippen MR) is 67.3 cm³/mol. The van der Waals surface area contributed by atoms with Crippen LogP contribution in [0, 0.1) is 0 Å². The van der Waals surface area contributed by atoms with Gasteiger partial charge >= 0.3 is 0 Å². The first-order valence-electron chi connectivity index (χ1n) is 5.96. The fourth-order valence-corrected chi connectivity index (χ4v) is 2.22. The minimum atomic E-state index is 0.493. The standard InChI is InChI=1S/C13H20N2O/c1-11(10-14-2)15-8-5-9-16-13-7-4-3-6-12(13)15/h3-4,6-7,11,14H,5,8-10H2,1-2H3. The van der Waals surface area contributed by atoms with Crippen molar-refractivity contribution in [2.75, 3.05) is 31.6 Å². The van der Waals surface area contributed by atoms with Crippen LogP contribution in [0.25, 0.3) is 0 Å². The van der Waals surface area contributed by atoms with Crippen molar-refractivity contribution in [2.45, 2.75) is 19.4 Å². The molecule has 0 spiro atoms. The molecule has 1 unspecified atom stereocenters. The van der Waals surface area contributed by atoms with E-state index in [1.165, 1.54) is 5.69 Å². The lowest BCUT2D eigenvalue weighted by atomic mass is 10.2. The normalized spacial score (nSPS) is 17.2. The summed E-state index contributed by atoms with van der Waals surface area (Å²) in [7, 11) is 2.00. The van der Waals surface area contributed by atoms with Crippen LogP contribution in [0.1, 0.15) is 13.3 Å². The second-order valence-corrected chi connectivity index (χ2v) is 4.27. The Bertz CT molecular complexity index is 340. The van der Waals surface area contributed by atoms with Crippen LogP contribution in [-0.4, -0.2) is 32.8 Å². The van der Waals surface area contributed by atoms with Gasteiger partial charge in [-0.25, -0.2) is 0 Å². The van der Waals surface area contributed by atoms with Crippen molar-refractivity contribution >= 4 is 5.69 Å². The van der Waals surface area contributed by atoms with Crippen molar-refractivity contribution in [1.29, 1.82) is 0 Å². The summed E-state index contributed by atoms with van der Waals surface area (Å²) in [6.45, 7) is 5.13. The third kappa shape index (κ3) is 2.30. The maximum Gasteiger partial charge on any atom is 0.142 e. The molecular formula is C13H20N2O. The van der Waals surface area contributed by atoms with E-state index >= 15 is 0 Å². The van der Waals surface area contributed by atoms with Gasteiger partial charge in [-0.15, -0.1) is 0 Å². The molecule has 3 heteroatoms. The number of hydrogen-bond donors (Lipinski definition) is 1. The van der Waals surface area contributed by atoms with E-state index in [-0.39, 0.29) is 0 Å². The summed E-state index contributed by atoms with van der Waals surface area (Å²) < 4.78 is 5.74. The number of nitrogens with one attached hydrogen (secondary N) is 1. The second kappa shape index (κ2) is 5.21. The third-order valence-electron chi connectivity index (χ3n) is 3.01. The number of likely N-dealkylation sites (N-methyl/N-ethyl adjacent to an activating group) is 1. The van der Waals surface area contributed by atoms with E-state index in [2.05, 4.69) is 35.3 Å². The Labute approximate surface area is 97.4 Å². The first-order valence-corrected chi connectivity index (χ1v) is 5.96. The molecule has 0 saturated carbocycles. The molecule has 1 heterocycles. The predicted octanol–water partition coefficient (Wildman–Crippen LogP) is 1.88. The zero-order valence-electron chi connectivity index (χ0n) is 10.1. The van der Waals surface area contributed by atoms with Crippen molar-refractivity contribution in [3.8, 4) is 5.75 Å². The molecule has 0 aromatic heterocycles. The number of anilines is 1. The molecule has 1 aliphatic heterocycles. The maximum absolute atomic E-state index is 5.74. The van der Waals surface area contributed by atoms with Crippen molar-refractivity contribution < 1.29 is 4.74 Å². The Morgan fingerprint density at radius 1 is 1.44 bits per heavy atom. The van der Waals surface area contributed by atoms with Gasteiger partial charge in [-0.1, -0.05) is 12.1 Å².